The minimum absolute atomic E-state index is 0.125. The monoisotopic (exact) mass is 432 g/mol. The third-order valence-electron chi connectivity index (χ3n) is 5.17. The van der Waals surface area contributed by atoms with Crippen LogP contribution in [0.15, 0.2) is 48.8 Å². The third-order valence-corrected chi connectivity index (χ3v) is 5.17. The summed E-state index contributed by atoms with van der Waals surface area (Å²) in [6, 6.07) is 10.3. The first-order valence-corrected chi connectivity index (χ1v) is 10.3. The zero-order valence-electron chi connectivity index (χ0n) is 17.4. The summed E-state index contributed by atoms with van der Waals surface area (Å²) >= 11 is 0. The zero-order valence-corrected chi connectivity index (χ0v) is 17.4. The number of fused-ring (bicyclic) bond motifs is 1. The maximum atomic E-state index is 14.6. The minimum atomic E-state index is -0.477. The molecule has 1 saturated carbocycles. The van der Waals surface area contributed by atoms with Crippen molar-refractivity contribution < 1.29 is 13.9 Å². The normalized spacial score (nSPS) is 13.2. The quantitative estimate of drug-likeness (QED) is 0.410. The fourth-order valence-corrected chi connectivity index (χ4v) is 3.27. The maximum Gasteiger partial charge on any atom is 0.258 e. The second-order valence-electron chi connectivity index (χ2n) is 7.79. The number of H-pyrrole nitrogens is 1. The number of nitrogens with one attached hydrogen (secondary N) is 3. The fraction of sp³-hybridized carbons (Fsp3) is 0.217. The fourth-order valence-electron chi connectivity index (χ4n) is 3.27. The van der Waals surface area contributed by atoms with Gasteiger partial charge in [-0.1, -0.05) is 0 Å². The Morgan fingerprint density at radius 1 is 1.22 bits per heavy atom. The summed E-state index contributed by atoms with van der Waals surface area (Å²) in [4.78, 5) is 20.7. The summed E-state index contributed by atoms with van der Waals surface area (Å²) in [5, 5.41) is 14.0. The smallest absolute Gasteiger partial charge is 0.258 e. The van der Waals surface area contributed by atoms with Crippen LogP contribution < -0.4 is 15.4 Å². The SMILES string of the molecule is Cc1cnc(-c2cc(OCC(=O)NC3CC3)ccc2F)nc1Nc1ccc2[nH]ncc2c1. The van der Waals surface area contributed by atoms with Crippen molar-refractivity contribution in [1.82, 2.24) is 25.5 Å². The summed E-state index contributed by atoms with van der Waals surface area (Å²) in [6.07, 6.45) is 5.38. The number of hydrogen-bond acceptors (Lipinski definition) is 6. The van der Waals surface area contributed by atoms with Gasteiger partial charge in [0.25, 0.3) is 5.91 Å². The predicted molar refractivity (Wildman–Crippen MR) is 118 cm³/mol. The van der Waals surface area contributed by atoms with Crippen LogP contribution in [0.4, 0.5) is 15.9 Å². The van der Waals surface area contributed by atoms with Crippen LogP contribution in [-0.2, 0) is 4.79 Å². The van der Waals surface area contributed by atoms with E-state index in [0.717, 1.165) is 35.0 Å². The molecule has 1 amide bonds. The summed E-state index contributed by atoms with van der Waals surface area (Å²) < 4.78 is 20.1. The molecule has 0 atom stereocenters. The lowest BCUT2D eigenvalue weighted by Gasteiger charge is -2.12. The molecule has 0 aliphatic heterocycles. The van der Waals surface area contributed by atoms with E-state index in [0.29, 0.717) is 11.6 Å². The highest BCUT2D eigenvalue weighted by Gasteiger charge is 2.23. The molecule has 0 saturated heterocycles. The Balaban J connectivity index is 1.37. The third kappa shape index (κ3) is 4.36. The average molecular weight is 432 g/mol. The van der Waals surface area contributed by atoms with Crippen molar-refractivity contribution in [2.45, 2.75) is 25.8 Å². The van der Waals surface area contributed by atoms with E-state index in [1.165, 1.54) is 18.2 Å². The number of aromatic amines is 1. The van der Waals surface area contributed by atoms with Crippen molar-refractivity contribution >= 4 is 28.3 Å². The molecule has 1 aliphatic rings. The summed E-state index contributed by atoms with van der Waals surface area (Å²) in [5.74, 6) is 0.483. The molecule has 3 N–H and O–H groups in total. The molecule has 1 aliphatic carbocycles. The highest BCUT2D eigenvalue weighted by Crippen LogP contribution is 2.28. The largest absolute Gasteiger partial charge is 0.484 e. The first-order valence-electron chi connectivity index (χ1n) is 10.3. The number of amides is 1. The van der Waals surface area contributed by atoms with E-state index in [9.17, 15) is 9.18 Å². The van der Waals surface area contributed by atoms with Gasteiger partial charge in [0.2, 0.25) is 0 Å². The first-order chi connectivity index (χ1) is 15.5. The summed E-state index contributed by atoms with van der Waals surface area (Å²) in [6.45, 7) is 1.75. The van der Waals surface area contributed by atoms with Crippen LogP contribution in [-0.4, -0.2) is 38.7 Å². The Morgan fingerprint density at radius 3 is 2.94 bits per heavy atom. The van der Waals surface area contributed by atoms with E-state index in [2.05, 4.69) is 30.8 Å². The Hall–Kier alpha value is -4.01. The molecule has 162 valence electrons. The van der Waals surface area contributed by atoms with Gasteiger partial charge in [-0.15, -0.1) is 0 Å². The predicted octanol–water partition coefficient (Wildman–Crippen LogP) is 3.87. The number of hydrogen-bond donors (Lipinski definition) is 3. The van der Waals surface area contributed by atoms with Crippen molar-refractivity contribution in [2.24, 2.45) is 0 Å². The maximum absolute atomic E-state index is 14.6. The van der Waals surface area contributed by atoms with Crippen molar-refractivity contribution in [3.8, 4) is 17.1 Å². The van der Waals surface area contributed by atoms with Gasteiger partial charge < -0.3 is 15.4 Å². The number of carbonyl (C=O) groups is 1. The number of aryl methyl sites for hydroxylation is 1. The number of anilines is 2. The van der Waals surface area contributed by atoms with Crippen molar-refractivity contribution in [2.75, 3.05) is 11.9 Å². The number of nitrogens with zero attached hydrogens (tertiary/aromatic N) is 3. The van der Waals surface area contributed by atoms with E-state index >= 15 is 0 Å². The highest BCUT2D eigenvalue weighted by molar-refractivity contribution is 5.83. The molecule has 8 nitrogen and oxygen atoms in total. The van der Waals surface area contributed by atoms with Gasteiger partial charge in [0.05, 0.1) is 17.3 Å². The molecule has 0 bridgehead atoms. The Bertz CT molecular complexity index is 1300. The average Bonchev–Trinajstić information content (AvgIpc) is 3.47. The molecule has 2 aromatic heterocycles. The molecule has 5 rings (SSSR count). The van der Waals surface area contributed by atoms with E-state index in [1.54, 1.807) is 12.4 Å². The van der Waals surface area contributed by atoms with Crippen LogP contribution in [0, 0.1) is 12.7 Å². The molecule has 2 aromatic carbocycles. The molecular weight excluding hydrogens is 411 g/mol. The van der Waals surface area contributed by atoms with Gasteiger partial charge in [0.15, 0.2) is 12.4 Å². The van der Waals surface area contributed by atoms with Gasteiger partial charge >= 0.3 is 0 Å². The van der Waals surface area contributed by atoms with Crippen molar-refractivity contribution in [1.29, 1.82) is 0 Å². The summed E-state index contributed by atoms with van der Waals surface area (Å²) in [5.41, 5.74) is 2.76. The Kier molecular flexibility index (Phi) is 5.14. The molecule has 32 heavy (non-hydrogen) atoms. The standard InChI is InChI=1S/C23H21FN6O2/c1-13-10-25-23(29-22(13)28-16-4-7-20-14(8-16)11-26-30-20)18-9-17(5-6-19(18)24)32-12-21(31)27-15-2-3-15/h4-11,15H,2-3,12H2,1H3,(H,26,30)(H,27,31)(H,25,28,29). The van der Waals surface area contributed by atoms with Gasteiger partial charge in [-0.3, -0.25) is 9.89 Å². The lowest BCUT2D eigenvalue weighted by Crippen LogP contribution is -2.30. The second kappa shape index (κ2) is 8.26. The number of halogens is 1. The van der Waals surface area contributed by atoms with E-state index in [4.69, 9.17) is 4.74 Å². The second-order valence-corrected chi connectivity index (χ2v) is 7.79. The molecule has 0 unspecified atom stereocenters. The molecule has 2 heterocycles. The highest BCUT2D eigenvalue weighted by atomic mass is 19.1. The number of aromatic nitrogens is 4. The molecular formula is C23H21FN6O2. The van der Waals surface area contributed by atoms with Crippen LogP contribution in [0.25, 0.3) is 22.3 Å². The Labute approximate surface area is 183 Å². The van der Waals surface area contributed by atoms with Crippen molar-refractivity contribution in [3.05, 3.63) is 60.2 Å². The van der Waals surface area contributed by atoms with Crippen LogP contribution >= 0.6 is 0 Å². The zero-order chi connectivity index (χ0) is 22.1. The number of ether oxygens (including phenoxy) is 1. The molecule has 1 fully saturated rings. The summed E-state index contributed by atoms with van der Waals surface area (Å²) in [7, 11) is 0. The van der Waals surface area contributed by atoms with E-state index < -0.39 is 5.82 Å². The van der Waals surface area contributed by atoms with Crippen LogP contribution in [0.5, 0.6) is 5.75 Å². The van der Waals surface area contributed by atoms with E-state index in [-0.39, 0.29) is 29.9 Å². The molecule has 0 radical (unpaired) electrons. The number of rotatable bonds is 7. The van der Waals surface area contributed by atoms with E-state index in [1.807, 2.05) is 25.1 Å². The van der Waals surface area contributed by atoms with Gasteiger partial charge in [-0.05, 0) is 56.2 Å². The van der Waals surface area contributed by atoms with Gasteiger partial charge in [-0.2, -0.15) is 5.10 Å². The molecule has 0 spiro atoms. The van der Waals surface area contributed by atoms with Crippen LogP contribution in [0.2, 0.25) is 0 Å². The molecule has 4 aromatic rings. The minimum Gasteiger partial charge on any atom is -0.484 e. The van der Waals surface area contributed by atoms with Crippen LogP contribution in [0.3, 0.4) is 0 Å². The topological polar surface area (TPSA) is 105 Å². The first kappa shape index (κ1) is 19.9. The van der Waals surface area contributed by atoms with Crippen molar-refractivity contribution in [3.63, 3.8) is 0 Å². The van der Waals surface area contributed by atoms with Gasteiger partial charge in [-0.25, -0.2) is 14.4 Å². The number of benzene rings is 2. The Morgan fingerprint density at radius 2 is 2.09 bits per heavy atom. The number of carbonyl (C=O) groups excluding carboxylic acids is 1. The van der Waals surface area contributed by atoms with Gasteiger partial charge in [0, 0.05) is 28.9 Å². The molecule has 9 heteroatoms. The lowest BCUT2D eigenvalue weighted by molar-refractivity contribution is -0.123. The van der Waals surface area contributed by atoms with Crippen LogP contribution in [0.1, 0.15) is 18.4 Å². The lowest BCUT2D eigenvalue weighted by atomic mass is 10.1. The van der Waals surface area contributed by atoms with Gasteiger partial charge in [0.1, 0.15) is 17.4 Å².